The Bertz CT molecular complexity index is 434. The van der Waals surface area contributed by atoms with Crippen LogP contribution in [0.4, 0.5) is 5.69 Å². The van der Waals surface area contributed by atoms with E-state index in [1.165, 1.54) is 5.56 Å². The Hall–Kier alpha value is -1.35. The van der Waals surface area contributed by atoms with E-state index < -0.39 is 0 Å². The molecule has 0 saturated carbocycles. The number of hydrogen-bond donors (Lipinski definition) is 1. The van der Waals surface area contributed by atoms with Gasteiger partial charge in [-0.25, -0.2) is 4.98 Å². The molecule has 72 valence electrons. The van der Waals surface area contributed by atoms with Gasteiger partial charge >= 0.3 is 0 Å². The normalized spacial score (nSPS) is 10.4. The summed E-state index contributed by atoms with van der Waals surface area (Å²) in [5.41, 5.74) is 8.83. The summed E-state index contributed by atoms with van der Waals surface area (Å²) in [5.74, 6) is 0. The lowest BCUT2D eigenvalue weighted by Crippen LogP contribution is -1.90. The summed E-state index contributed by atoms with van der Waals surface area (Å²) in [6.45, 7) is 2.01. The quantitative estimate of drug-likeness (QED) is 0.764. The van der Waals surface area contributed by atoms with Crippen molar-refractivity contribution in [1.29, 1.82) is 0 Å². The Morgan fingerprint density at radius 3 is 2.93 bits per heavy atom. The van der Waals surface area contributed by atoms with Crippen LogP contribution in [0.15, 0.2) is 29.6 Å². The first-order valence-corrected chi connectivity index (χ1v) is 5.37. The number of nitrogens with zero attached hydrogens (tertiary/aromatic N) is 1. The van der Waals surface area contributed by atoms with Crippen LogP contribution in [0.25, 0.3) is 0 Å². The number of benzene rings is 1. The lowest BCUT2D eigenvalue weighted by Gasteiger charge is -1.98. The van der Waals surface area contributed by atoms with Crippen LogP contribution in [0.2, 0.25) is 0 Å². The van der Waals surface area contributed by atoms with E-state index in [4.69, 9.17) is 5.73 Å². The third-order valence-electron chi connectivity index (χ3n) is 1.97. The maximum atomic E-state index is 5.70. The molecule has 0 unspecified atom stereocenters. The highest BCUT2D eigenvalue weighted by Crippen LogP contribution is 2.15. The van der Waals surface area contributed by atoms with Gasteiger partial charge in [0.2, 0.25) is 0 Å². The van der Waals surface area contributed by atoms with Crippen LogP contribution in [0.3, 0.4) is 0 Å². The number of hydrogen-bond acceptors (Lipinski definition) is 3. The van der Waals surface area contributed by atoms with Gasteiger partial charge in [-0.05, 0) is 24.6 Å². The Kier molecular flexibility index (Phi) is 2.50. The zero-order valence-electron chi connectivity index (χ0n) is 8.03. The van der Waals surface area contributed by atoms with Crippen LogP contribution in [0.1, 0.15) is 16.3 Å². The fraction of sp³-hybridized carbons (Fsp3) is 0.182. The number of anilines is 1. The van der Waals surface area contributed by atoms with Gasteiger partial charge < -0.3 is 5.73 Å². The highest BCUT2D eigenvalue weighted by molar-refractivity contribution is 7.09. The molecule has 2 rings (SSSR count). The van der Waals surface area contributed by atoms with Crippen molar-refractivity contribution in [3.8, 4) is 0 Å². The third-order valence-corrected chi connectivity index (χ3v) is 2.94. The zero-order valence-corrected chi connectivity index (χ0v) is 8.84. The van der Waals surface area contributed by atoms with Crippen LogP contribution in [0.5, 0.6) is 0 Å². The highest BCUT2D eigenvalue weighted by atomic mass is 32.1. The second-order valence-corrected chi connectivity index (χ2v) is 4.25. The van der Waals surface area contributed by atoms with Crippen LogP contribution < -0.4 is 5.73 Å². The van der Waals surface area contributed by atoms with Crippen molar-refractivity contribution in [1.82, 2.24) is 4.98 Å². The summed E-state index contributed by atoms with van der Waals surface area (Å²) in [4.78, 5) is 4.41. The van der Waals surface area contributed by atoms with Crippen molar-refractivity contribution in [2.24, 2.45) is 0 Å². The number of nitrogens with two attached hydrogens (primary N) is 1. The van der Waals surface area contributed by atoms with Gasteiger partial charge in [0.15, 0.2) is 0 Å². The summed E-state index contributed by atoms with van der Waals surface area (Å²) in [5, 5.41) is 3.22. The Morgan fingerprint density at radius 2 is 2.29 bits per heavy atom. The fourth-order valence-corrected chi connectivity index (χ4v) is 2.17. The van der Waals surface area contributed by atoms with Gasteiger partial charge in [0, 0.05) is 23.2 Å². The molecule has 0 aliphatic rings. The molecule has 1 aromatic heterocycles. The molecule has 3 heteroatoms. The minimum Gasteiger partial charge on any atom is -0.399 e. The smallest absolute Gasteiger partial charge is 0.0972 e. The predicted molar refractivity (Wildman–Crippen MR) is 60.5 cm³/mol. The number of thiazole rings is 1. The average molecular weight is 204 g/mol. The molecule has 0 saturated heterocycles. The third kappa shape index (κ3) is 2.12. The topological polar surface area (TPSA) is 38.9 Å². The van der Waals surface area contributed by atoms with Gasteiger partial charge in [-0.15, -0.1) is 11.3 Å². The van der Waals surface area contributed by atoms with Gasteiger partial charge in [0.25, 0.3) is 0 Å². The van der Waals surface area contributed by atoms with Crippen LogP contribution >= 0.6 is 11.3 Å². The molecule has 0 amide bonds. The van der Waals surface area contributed by atoms with Crippen molar-refractivity contribution >= 4 is 17.0 Å². The maximum absolute atomic E-state index is 5.70. The maximum Gasteiger partial charge on any atom is 0.0972 e. The summed E-state index contributed by atoms with van der Waals surface area (Å²) in [6, 6.07) is 7.95. The molecule has 0 fully saturated rings. The zero-order chi connectivity index (χ0) is 9.97. The predicted octanol–water partition coefficient (Wildman–Crippen LogP) is 2.62. The molecular formula is C11H12N2S. The molecule has 1 aromatic carbocycles. The van der Waals surface area contributed by atoms with Crippen LogP contribution in [-0.4, -0.2) is 4.98 Å². The van der Waals surface area contributed by atoms with Crippen molar-refractivity contribution < 1.29 is 0 Å². The molecular weight excluding hydrogens is 192 g/mol. The van der Waals surface area contributed by atoms with Gasteiger partial charge in [-0.1, -0.05) is 12.1 Å². The standard InChI is InChI=1S/C11H12N2S/c1-8-7-14-11(13-8)6-9-3-2-4-10(12)5-9/h2-5,7H,6,12H2,1H3. The summed E-state index contributed by atoms with van der Waals surface area (Å²) in [7, 11) is 0. The fourth-order valence-electron chi connectivity index (χ4n) is 1.36. The van der Waals surface area contributed by atoms with Crippen LogP contribution in [0, 0.1) is 6.92 Å². The number of rotatable bonds is 2. The first-order chi connectivity index (χ1) is 6.74. The van der Waals surface area contributed by atoms with E-state index in [0.717, 1.165) is 22.8 Å². The van der Waals surface area contributed by atoms with Gasteiger partial charge in [0.1, 0.15) is 0 Å². The van der Waals surface area contributed by atoms with Crippen LogP contribution in [-0.2, 0) is 6.42 Å². The Balaban J connectivity index is 2.18. The number of aryl methyl sites for hydroxylation is 1. The second-order valence-electron chi connectivity index (χ2n) is 3.30. The molecule has 0 spiro atoms. The second kappa shape index (κ2) is 3.80. The molecule has 0 aliphatic heterocycles. The van der Waals surface area contributed by atoms with Crippen molar-refractivity contribution in [2.75, 3.05) is 5.73 Å². The van der Waals surface area contributed by atoms with Gasteiger partial charge in [-0.2, -0.15) is 0 Å². The lowest BCUT2D eigenvalue weighted by atomic mass is 10.1. The Morgan fingerprint density at radius 1 is 1.43 bits per heavy atom. The van der Waals surface area contributed by atoms with E-state index in [-0.39, 0.29) is 0 Å². The SMILES string of the molecule is Cc1csc(Cc2cccc(N)c2)n1. The molecule has 2 nitrogen and oxygen atoms in total. The van der Waals surface area contributed by atoms with E-state index in [9.17, 15) is 0 Å². The van der Waals surface area contributed by atoms with Gasteiger partial charge in [0.05, 0.1) is 5.01 Å². The van der Waals surface area contributed by atoms with Crippen molar-refractivity contribution in [2.45, 2.75) is 13.3 Å². The highest BCUT2D eigenvalue weighted by Gasteiger charge is 2.00. The lowest BCUT2D eigenvalue weighted by molar-refractivity contribution is 1.10. The molecule has 0 atom stereocenters. The summed E-state index contributed by atoms with van der Waals surface area (Å²) >= 11 is 1.70. The largest absolute Gasteiger partial charge is 0.399 e. The molecule has 2 N–H and O–H groups in total. The minimum atomic E-state index is 0.816. The molecule has 0 bridgehead atoms. The first kappa shape index (κ1) is 9.21. The average Bonchev–Trinajstić information content (AvgIpc) is 2.51. The Labute approximate surface area is 87.4 Å². The summed E-state index contributed by atoms with van der Waals surface area (Å²) < 4.78 is 0. The van der Waals surface area contributed by atoms with E-state index >= 15 is 0 Å². The van der Waals surface area contributed by atoms with Crippen molar-refractivity contribution in [3.63, 3.8) is 0 Å². The molecule has 0 radical (unpaired) electrons. The number of aromatic nitrogens is 1. The van der Waals surface area contributed by atoms with Crippen molar-refractivity contribution in [3.05, 3.63) is 45.9 Å². The van der Waals surface area contributed by atoms with E-state index in [0.29, 0.717) is 0 Å². The number of nitrogen functional groups attached to an aromatic ring is 1. The minimum absolute atomic E-state index is 0.816. The molecule has 1 heterocycles. The van der Waals surface area contributed by atoms with E-state index in [1.54, 1.807) is 11.3 Å². The van der Waals surface area contributed by atoms with E-state index in [2.05, 4.69) is 16.4 Å². The molecule has 0 aliphatic carbocycles. The van der Waals surface area contributed by atoms with E-state index in [1.807, 2.05) is 25.1 Å². The van der Waals surface area contributed by atoms with Gasteiger partial charge in [-0.3, -0.25) is 0 Å². The molecule has 2 aromatic rings. The summed E-state index contributed by atoms with van der Waals surface area (Å²) in [6.07, 6.45) is 0.879. The first-order valence-electron chi connectivity index (χ1n) is 4.49. The molecule has 14 heavy (non-hydrogen) atoms. The monoisotopic (exact) mass is 204 g/mol.